The van der Waals surface area contributed by atoms with Gasteiger partial charge in [-0.25, -0.2) is 0 Å². The van der Waals surface area contributed by atoms with E-state index in [1.165, 1.54) is 26.6 Å². The van der Waals surface area contributed by atoms with Crippen molar-refractivity contribution in [3.63, 3.8) is 0 Å². The van der Waals surface area contributed by atoms with E-state index < -0.39 is 11.8 Å². The molecule has 0 saturated heterocycles. The number of hydrogen-bond acceptors (Lipinski definition) is 5. The lowest BCUT2D eigenvalue weighted by atomic mass is 10.1. The zero-order chi connectivity index (χ0) is 22.4. The summed E-state index contributed by atoms with van der Waals surface area (Å²) in [6.45, 7) is 3.89. The summed E-state index contributed by atoms with van der Waals surface area (Å²) in [5, 5.41) is 5.49. The van der Waals surface area contributed by atoms with Crippen LogP contribution in [0.1, 0.15) is 27.2 Å². The van der Waals surface area contributed by atoms with Crippen molar-refractivity contribution in [3.8, 4) is 11.5 Å². The Balaban J connectivity index is 1.87. The molecule has 0 aliphatic rings. The molecule has 0 aliphatic carbocycles. The molecule has 31 heavy (non-hydrogen) atoms. The maximum atomic E-state index is 13.0. The Kier molecular flexibility index (Phi) is 6.77. The van der Waals surface area contributed by atoms with Crippen molar-refractivity contribution >= 4 is 23.6 Å². The SMILES string of the molecule is COc1ccc(C(=O)N/C(=C\c2ccco2)C(=O)Nc2cc(C)cc(C)c2)cc1OC. The number of aryl methyl sites for hydroxylation is 2. The number of hydrogen-bond donors (Lipinski definition) is 2. The number of benzene rings is 2. The van der Waals surface area contributed by atoms with Crippen molar-refractivity contribution in [1.29, 1.82) is 0 Å². The maximum Gasteiger partial charge on any atom is 0.272 e. The number of furan rings is 1. The molecule has 160 valence electrons. The number of anilines is 1. The van der Waals surface area contributed by atoms with E-state index in [4.69, 9.17) is 13.9 Å². The number of carbonyl (C=O) groups excluding carboxylic acids is 2. The quantitative estimate of drug-likeness (QED) is 0.556. The minimum atomic E-state index is -0.477. The second-order valence-corrected chi connectivity index (χ2v) is 6.93. The number of methoxy groups -OCH3 is 2. The molecule has 0 unspecified atom stereocenters. The number of nitrogens with one attached hydrogen (secondary N) is 2. The third kappa shape index (κ3) is 5.54. The van der Waals surface area contributed by atoms with Gasteiger partial charge in [-0.05, 0) is 67.4 Å². The van der Waals surface area contributed by atoms with Gasteiger partial charge in [0.25, 0.3) is 11.8 Å². The van der Waals surface area contributed by atoms with Crippen molar-refractivity contribution in [3.05, 3.63) is 82.9 Å². The monoisotopic (exact) mass is 420 g/mol. The molecular formula is C24H24N2O5. The molecule has 3 rings (SSSR count). The molecule has 0 aliphatic heterocycles. The number of carbonyl (C=O) groups is 2. The molecule has 2 N–H and O–H groups in total. The molecule has 1 heterocycles. The molecule has 3 aromatic rings. The Labute approximate surface area is 180 Å². The highest BCUT2D eigenvalue weighted by Crippen LogP contribution is 2.27. The first kappa shape index (κ1) is 21.7. The molecule has 2 amide bonds. The Morgan fingerprint density at radius 3 is 2.26 bits per heavy atom. The van der Waals surface area contributed by atoms with Gasteiger partial charge in [-0.3, -0.25) is 9.59 Å². The summed E-state index contributed by atoms with van der Waals surface area (Å²) in [6, 6.07) is 13.8. The van der Waals surface area contributed by atoms with Crippen molar-refractivity contribution in [2.45, 2.75) is 13.8 Å². The van der Waals surface area contributed by atoms with Crippen LogP contribution in [-0.4, -0.2) is 26.0 Å². The number of ether oxygens (including phenoxy) is 2. The fourth-order valence-electron chi connectivity index (χ4n) is 3.09. The lowest BCUT2D eigenvalue weighted by Gasteiger charge is -2.13. The summed E-state index contributed by atoms with van der Waals surface area (Å²) in [7, 11) is 3.00. The van der Waals surface area contributed by atoms with Crippen LogP contribution < -0.4 is 20.1 Å². The predicted octanol–water partition coefficient (Wildman–Crippen LogP) is 4.32. The van der Waals surface area contributed by atoms with Crippen LogP contribution in [0.15, 0.2) is 64.9 Å². The third-order valence-corrected chi connectivity index (χ3v) is 4.45. The van der Waals surface area contributed by atoms with E-state index in [-0.39, 0.29) is 5.70 Å². The average Bonchev–Trinajstić information content (AvgIpc) is 3.25. The highest BCUT2D eigenvalue weighted by Gasteiger charge is 2.17. The number of rotatable bonds is 7. The van der Waals surface area contributed by atoms with Gasteiger partial charge in [-0.2, -0.15) is 0 Å². The third-order valence-electron chi connectivity index (χ3n) is 4.45. The molecule has 0 bridgehead atoms. The van der Waals surface area contributed by atoms with Crippen LogP contribution in [0.2, 0.25) is 0 Å². The highest BCUT2D eigenvalue weighted by molar-refractivity contribution is 6.10. The van der Waals surface area contributed by atoms with Gasteiger partial charge in [-0.1, -0.05) is 6.07 Å². The van der Waals surface area contributed by atoms with Gasteiger partial charge in [-0.15, -0.1) is 0 Å². The van der Waals surface area contributed by atoms with E-state index in [2.05, 4.69) is 10.6 Å². The fraction of sp³-hybridized carbons (Fsp3) is 0.167. The van der Waals surface area contributed by atoms with Crippen LogP contribution in [0.5, 0.6) is 11.5 Å². The molecule has 7 nitrogen and oxygen atoms in total. The smallest absolute Gasteiger partial charge is 0.272 e. The molecule has 7 heteroatoms. The summed E-state index contributed by atoms with van der Waals surface area (Å²) >= 11 is 0. The van der Waals surface area contributed by atoms with E-state index in [1.54, 1.807) is 30.3 Å². The highest BCUT2D eigenvalue weighted by atomic mass is 16.5. The summed E-state index contributed by atoms with van der Waals surface area (Å²) in [5.41, 5.74) is 3.01. The first-order valence-corrected chi connectivity index (χ1v) is 9.58. The molecule has 0 fully saturated rings. The van der Waals surface area contributed by atoms with Gasteiger partial charge < -0.3 is 24.5 Å². The van der Waals surface area contributed by atoms with E-state index in [0.717, 1.165) is 11.1 Å². The first-order chi connectivity index (χ1) is 14.9. The van der Waals surface area contributed by atoms with Gasteiger partial charge >= 0.3 is 0 Å². The van der Waals surface area contributed by atoms with Crippen LogP contribution in [0, 0.1) is 13.8 Å². The summed E-state index contributed by atoms with van der Waals surface area (Å²) in [5.74, 6) is 0.382. The summed E-state index contributed by atoms with van der Waals surface area (Å²) in [6.07, 6.45) is 2.96. The van der Waals surface area contributed by atoms with Gasteiger partial charge in [0.2, 0.25) is 0 Å². The molecular weight excluding hydrogens is 396 g/mol. The minimum absolute atomic E-state index is 0.0360. The molecule has 0 spiro atoms. The lowest BCUT2D eigenvalue weighted by Crippen LogP contribution is -2.30. The molecule has 0 radical (unpaired) electrons. The number of amides is 2. The largest absolute Gasteiger partial charge is 0.493 e. The molecule has 2 aromatic carbocycles. The summed E-state index contributed by atoms with van der Waals surface area (Å²) < 4.78 is 15.8. The first-order valence-electron chi connectivity index (χ1n) is 9.58. The topological polar surface area (TPSA) is 89.8 Å². The van der Waals surface area contributed by atoms with Gasteiger partial charge in [0.1, 0.15) is 11.5 Å². The molecule has 1 aromatic heterocycles. The van der Waals surface area contributed by atoms with E-state index in [1.807, 2.05) is 32.0 Å². The second kappa shape index (κ2) is 9.67. The van der Waals surface area contributed by atoms with E-state index >= 15 is 0 Å². The minimum Gasteiger partial charge on any atom is -0.493 e. The normalized spacial score (nSPS) is 11.0. The van der Waals surface area contributed by atoms with Crippen LogP contribution in [-0.2, 0) is 4.79 Å². The van der Waals surface area contributed by atoms with Crippen molar-refractivity contribution in [2.24, 2.45) is 0 Å². The van der Waals surface area contributed by atoms with Crippen LogP contribution in [0.25, 0.3) is 6.08 Å². The Morgan fingerprint density at radius 2 is 1.65 bits per heavy atom. The van der Waals surface area contributed by atoms with Gasteiger partial charge in [0.15, 0.2) is 11.5 Å². The van der Waals surface area contributed by atoms with Crippen molar-refractivity contribution in [1.82, 2.24) is 5.32 Å². The van der Waals surface area contributed by atoms with Crippen molar-refractivity contribution < 1.29 is 23.5 Å². The molecule has 0 atom stereocenters. The maximum absolute atomic E-state index is 13.0. The van der Waals surface area contributed by atoms with Crippen LogP contribution in [0.4, 0.5) is 5.69 Å². The second-order valence-electron chi connectivity index (χ2n) is 6.93. The molecule has 0 saturated carbocycles. The van der Waals surface area contributed by atoms with Gasteiger partial charge in [0.05, 0.1) is 20.5 Å². The standard InChI is InChI=1S/C24H24N2O5/c1-15-10-16(2)12-18(11-15)25-24(28)20(14-19-6-5-9-31-19)26-23(27)17-7-8-21(29-3)22(13-17)30-4/h5-14H,1-4H3,(H,25,28)(H,26,27)/b20-14-. The predicted molar refractivity (Wildman–Crippen MR) is 118 cm³/mol. The van der Waals surface area contributed by atoms with Crippen molar-refractivity contribution in [2.75, 3.05) is 19.5 Å². The van der Waals surface area contributed by atoms with Gasteiger partial charge in [0, 0.05) is 17.3 Å². The Hall–Kier alpha value is -4.00. The zero-order valence-corrected chi connectivity index (χ0v) is 17.8. The Bertz CT molecular complexity index is 1100. The average molecular weight is 420 g/mol. The lowest BCUT2D eigenvalue weighted by molar-refractivity contribution is -0.113. The zero-order valence-electron chi connectivity index (χ0n) is 17.8. The fourth-order valence-corrected chi connectivity index (χ4v) is 3.09. The van der Waals surface area contributed by atoms with E-state index in [0.29, 0.717) is 28.5 Å². The Morgan fingerprint density at radius 1 is 0.935 bits per heavy atom. The summed E-state index contributed by atoms with van der Waals surface area (Å²) in [4.78, 5) is 25.8. The van der Waals surface area contributed by atoms with Crippen LogP contribution in [0.3, 0.4) is 0 Å². The van der Waals surface area contributed by atoms with Crippen LogP contribution >= 0.6 is 0 Å². The van der Waals surface area contributed by atoms with E-state index in [9.17, 15) is 9.59 Å².